The Morgan fingerprint density at radius 3 is 2.54 bits per heavy atom. The lowest BCUT2D eigenvalue weighted by Crippen LogP contribution is -2.36. The maximum atomic E-state index is 12.6. The zero-order chi connectivity index (χ0) is 16.8. The zero-order valence-electron chi connectivity index (χ0n) is 13.2. The number of hydrogen-bond acceptors (Lipinski definition) is 4. The number of benzene rings is 1. The summed E-state index contributed by atoms with van der Waals surface area (Å²) < 4.78 is 0. The predicted octanol–water partition coefficient (Wildman–Crippen LogP) is 3.04. The van der Waals surface area contributed by atoms with Gasteiger partial charge in [-0.1, -0.05) is 36.8 Å². The first kappa shape index (κ1) is 15.9. The van der Waals surface area contributed by atoms with Crippen molar-refractivity contribution >= 4 is 12.0 Å². The van der Waals surface area contributed by atoms with E-state index in [1.165, 1.54) is 18.8 Å². The third kappa shape index (κ3) is 3.66. The Hall–Kier alpha value is -3.00. The topological polar surface area (TPSA) is 78.7 Å². The molecule has 1 unspecified atom stereocenters. The highest BCUT2D eigenvalue weighted by Gasteiger charge is 2.30. The van der Waals surface area contributed by atoms with Gasteiger partial charge in [0.1, 0.15) is 18.0 Å². The number of carbonyl (C=O) groups is 1. The van der Waals surface area contributed by atoms with E-state index in [0.29, 0.717) is 11.5 Å². The van der Waals surface area contributed by atoms with Gasteiger partial charge in [0.15, 0.2) is 0 Å². The second-order valence-corrected chi connectivity index (χ2v) is 5.89. The van der Waals surface area contributed by atoms with Gasteiger partial charge in [-0.2, -0.15) is 5.26 Å². The second-order valence-electron chi connectivity index (χ2n) is 5.89. The molecule has 2 aromatic rings. The van der Waals surface area contributed by atoms with Crippen molar-refractivity contribution in [2.45, 2.75) is 25.3 Å². The van der Waals surface area contributed by atoms with Crippen molar-refractivity contribution in [3.63, 3.8) is 0 Å². The van der Waals surface area contributed by atoms with Crippen molar-refractivity contribution < 1.29 is 4.79 Å². The standard InChI is InChI=1S/C19H18N4O/c20-10-17(9-14-11-21-13-22-12-14)19(24)23-18(16-7-4-8-16)15-5-2-1-3-6-15/h1-3,5-6,9,11-13,16,18H,4,7-8H2,(H,23,24). The molecule has 5 nitrogen and oxygen atoms in total. The largest absolute Gasteiger partial charge is 0.344 e. The van der Waals surface area contributed by atoms with E-state index >= 15 is 0 Å². The van der Waals surface area contributed by atoms with Gasteiger partial charge in [-0.3, -0.25) is 4.79 Å². The van der Waals surface area contributed by atoms with E-state index in [1.807, 2.05) is 36.4 Å². The molecule has 0 radical (unpaired) electrons. The number of hydrogen-bond donors (Lipinski definition) is 1. The van der Waals surface area contributed by atoms with Crippen LogP contribution in [0.5, 0.6) is 0 Å². The first-order chi connectivity index (χ1) is 11.8. The first-order valence-electron chi connectivity index (χ1n) is 8.00. The highest BCUT2D eigenvalue weighted by atomic mass is 16.1. The fourth-order valence-corrected chi connectivity index (χ4v) is 2.83. The normalized spacial score (nSPS) is 15.9. The van der Waals surface area contributed by atoms with Crippen LogP contribution < -0.4 is 5.32 Å². The van der Waals surface area contributed by atoms with Crippen molar-refractivity contribution in [2.75, 3.05) is 0 Å². The molecule has 0 saturated heterocycles. The van der Waals surface area contributed by atoms with Gasteiger partial charge < -0.3 is 5.32 Å². The maximum Gasteiger partial charge on any atom is 0.262 e. The highest BCUT2D eigenvalue weighted by molar-refractivity contribution is 6.01. The first-order valence-corrected chi connectivity index (χ1v) is 8.00. The Bertz CT molecular complexity index is 761. The smallest absolute Gasteiger partial charge is 0.262 e. The van der Waals surface area contributed by atoms with E-state index < -0.39 is 0 Å². The summed E-state index contributed by atoms with van der Waals surface area (Å²) in [6.07, 6.45) is 9.43. The SMILES string of the molecule is N#CC(=Cc1cncnc1)C(=O)NC(c1ccccc1)C1CCC1. The molecule has 120 valence electrons. The second kappa shape index (κ2) is 7.51. The van der Waals surface area contributed by atoms with E-state index in [4.69, 9.17) is 0 Å². The van der Waals surface area contributed by atoms with E-state index in [-0.39, 0.29) is 17.5 Å². The van der Waals surface area contributed by atoms with Crippen LogP contribution in [0.15, 0.2) is 54.6 Å². The molecule has 1 aromatic heterocycles. The summed E-state index contributed by atoms with van der Waals surface area (Å²) in [5.74, 6) is 0.0680. The predicted molar refractivity (Wildman–Crippen MR) is 90.3 cm³/mol. The van der Waals surface area contributed by atoms with Gasteiger partial charge in [0.05, 0.1) is 6.04 Å². The summed E-state index contributed by atoms with van der Waals surface area (Å²) >= 11 is 0. The average Bonchev–Trinajstić information content (AvgIpc) is 2.59. The molecule has 1 aliphatic rings. The van der Waals surface area contributed by atoms with E-state index in [0.717, 1.165) is 18.4 Å². The molecule has 5 heteroatoms. The van der Waals surface area contributed by atoms with Crippen molar-refractivity contribution in [3.8, 4) is 6.07 Å². The van der Waals surface area contributed by atoms with Crippen LogP contribution in [0, 0.1) is 17.2 Å². The van der Waals surface area contributed by atoms with Crippen LogP contribution >= 0.6 is 0 Å². The minimum atomic E-state index is -0.359. The highest BCUT2D eigenvalue weighted by Crippen LogP contribution is 2.37. The lowest BCUT2D eigenvalue weighted by molar-refractivity contribution is -0.118. The molecule has 1 saturated carbocycles. The van der Waals surface area contributed by atoms with Crippen LogP contribution in [-0.2, 0) is 4.79 Å². The Kier molecular flexibility index (Phi) is 4.97. The van der Waals surface area contributed by atoms with Crippen molar-refractivity contribution in [2.24, 2.45) is 5.92 Å². The van der Waals surface area contributed by atoms with Crippen molar-refractivity contribution in [3.05, 3.63) is 65.8 Å². The summed E-state index contributed by atoms with van der Waals surface area (Å²) in [5.41, 5.74) is 1.77. The molecule has 0 bridgehead atoms. The molecule has 24 heavy (non-hydrogen) atoms. The molecule has 1 N–H and O–H groups in total. The fraction of sp³-hybridized carbons (Fsp3) is 0.263. The third-order valence-electron chi connectivity index (χ3n) is 4.32. The summed E-state index contributed by atoms with van der Waals surface area (Å²) in [5, 5.41) is 12.4. The summed E-state index contributed by atoms with van der Waals surface area (Å²) in [6, 6.07) is 11.8. The van der Waals surface area contributed by atoms with Gasteiger partial charge in [-0.25, -0.2) is 9.97 Å². The van der Waals surface area contributed by atoms with E-state index in [1.54, 1.807) is 12.4 Å². The van der Waals surface area contributed by atoms with Gasteiger partial charge in [-0.15, -0.1) is 0 Å². The Labute approximate surface area is 141 Å². The van der Waals surface area contributed by atoms with Crippen LogP contribution in [0.3, 0.4) is 0 Å². The minimum Gasteiger partial charge on any atom is -0.344 e. The molecule has 1 aromatic carbocycles. The van der Waals surface area contributed by atoms with Crippen molar-refractivity contribution in [1.29, 1.82) is 5.26 Å². The summed E-state index contributed by atoms with van der Waals surface area (Å²) in [6.45, 7) is 0. The lowest BCUT2D eigenvalue weighted by atomic mass is 9.77. The van der Waals surface area contributed by atoms with Gasteiger partial charge in [0.2, 0.25) is 0 Å². The van der Waals surface area contributed by atoms with Crippen LogP contribution in [-0.4, -0.2) is 15.9 Å². The third-order valence-corrected chi connectivity index (χ3v) is 4.32. The maximum absolute atomic E-state index is 12.6. The number of nitriles is 1. The van der Waals surface area contributed by atoms with E-state index in [9.17, 15) is 10.1 Å². The average molecular weight is 318 g/mol. The van der Waals surface area contributed by atoms with Gasteiger partial charge >= 0.3 is 0 Å². The summed E-state index contributed by atoms with van der Waals surface area (Å²) in [7, 11) is 0. The molecule has 3 rings (SSSR count). The lowest BCUT2D eigenvalue weighted by Gasteiger charge is -2.34. The molecule has 1 amide bonds. The number of aromatic nitrogens is 2. The summed E-state index contributed by atoms with van der Waals surface area (Å²) in [4.78, 5) is 20.4. The Morgan fingerprint density at radius 2 is 1.96 bits per heavy atom. The van der Waals surface area contributed by atoms with Crippen LogP contribution in [0.2, 0.25) is 0 Å². The number of amides is 1. The van der Waals surface area contributed by atoms with E-state index in [2.05, 4.69) is 15.3 Å². The molecule has 1 atom stereocenters. The number of carbonyl (C=O) groups excluding carboxylic acids is 1. The molecule has 1 heterocycles. The monoisotopic (exact) mass is 318 g/mol. The molecular formula is C19H18N4O. The molecule has 1 aliphatic carbocycles. The molecule has 1 fully saturated rings. The Morgan fingerprint density at radius 1 is 1.25 bits per heavy atom. The van der Waals surface area contributed by atoms with Gasteiger partial charge in [-0.05, 0) is 30.4 Å². The van der Waals surface area contributed by atoms with Crippen LogP contribution in [0.4, 0.5) is 0 Å². The fourth-order valence-electron chi connectivity index (χ4n) is 2.83. The van der Waals surface area contributed by atoms with Gasteiger partial charge in [0, 0.05) is 18.0 Å². The number of nitrogens with zero attached hydrogens (tertiary/aromatic N) is 3. The molecule has 0 aliphatic heterocycles. The van der Waals surface area contributed by atoms with Gasteiger partial charge in [0.25, 0.3) is 5.91 Å². The van der Waals surface area contributed by atoms with Crippen molar-refractivity contribution in [1.82, 2.24) is 15.3 Å². The molecule has 0 spiro atoms. The quantitative estimate of drug-likeness (QED) is 0.679. The van der Waals surface area contributed by atoms with Crippen LogP contribution in [0.1, 0.15) is 36.4 Å². The molecular weight excluding hydrogens is 300 g/mol. The minimum absolute atomic E-state index is 0.0591. The van der Waals surface area contributed by atoms with Crippen LogP contribution in [0.25, 0.3) is 6.08 Å². The Balaban J connectivity index is 1.80. The number of rotatable bonds is 5. The zero-order valence-corrected chi connectivity index (χ0v) is 13.2. The number of nitrogens with one attached hydrogen (secondary N) is 1.